The van der Waals surface area contributed by atoms with Crippen molar-refractivity contribution in [3.05, 3.63) is 59.2 Å². The van der Waals surface area contributed by atoms with Crippen LogP contribution in [-0.2, 0) is 22.5 Å². The number of carbonyl (C=O) groups is 2. The summed E-state index contributed by atoms with van der Waals surface area (Å²) in [6, 6.07) is 13.9. The predicted molar refractivity (Wildman–Crippen MR) is 118 cm³/mol. The van der Waals surface area contributed by atoms with E-state index in [1.54, 1.807) is 0 Å². The molecule has 0 spiro atoms. The molecule has 2 aromatic carbocycles. The lowest BCUT2D eigenvalue weighted by Gasteiger charge is -2.27. The molecule has 6 nitrogen and oxygen atoms in total. The molecule has 0 radical (unpaired) electrons. The van der Waals surface area contributed by atoms with Crippen molar-refractivity contribution in [2.45, 2.75) is 38.3 Å². The van der Waals surface area contributed by atoms with Gasteiger partial charge in [-0.3, -0.25) is 9.59 Å². The van der Waals surface area contributed by atoms with Crippen LogP contribution in [0.4, 0.5) is 11.4 Å². The molecule has 1 saturated heterocycles. The van der Waals surface area contributed by atoms with E-state index in [-0.39, 0.29) is 17.9 Å². The minimum Gasteiger partial charge on any atom is -0.378 e. The average molecular weight is 408 g/mol. The molecule has 0 aliphatic carbocycles. The number of carbonyl (C=O) groups excluding carboxylic acids is 2. The largest absolute Gasteiger partial charge is 0.378 e. The van der Waals surface area contributed by atoms with E-state index >= 15 is 0 Å². The molecule has 2 heterocycles. The van der Waals surface area contributed by atoms with Crippen LogP contribution in [-0.4, -0.2) is 50.1 Å². The third kappa shape index (κ3) is 4.65. The van der Waals surface area contributed by atoms with Crippen molar-refractivity contribution in [2.24, 2.45) is 0 Å². The Balaban J connectivity index is 1.55. The van der Waals surface area contributed by atoms with Gasteiger partial charge in [-0.05, 0) is 60.7 Å². The summed E-state index contributed by atoms with van der Waals surface area (Å²) < 4.78 is 5.81. The molecule has 2 amide bonds. The lowest BCUT2D eigenvalue weighted by molar-refractivity contribution is -0.116. The smallest absolute Gasteiger partial charge is 0.254 e. The fraction of sp³-hybridized carbons (Fsp3) is 0.417. The highest BCUT2D eigenvalue weighted by molar-refractivity contribution is 5.98. The van der Waals surface area contributed by atoms with Crippen molar-refractivity contribution in [2.75, 3.05) is 37.5 Å². The number of aryl methyl sites for hydroxylation is 1. The monoisotopic (exact) mass is 407 g/mol. The number of nitrogens with one attached hydrogen (secondary N) is 1. The number of ether oxygens (including phenoxy) is 1. The summed E-state index contributed by atoms with van der Waals surface area (Å²) in [4.78, 5) is 29.0. The van der Waals surface area contributed by atoms with Crippen LogP contribution in [0.1, 0.15) is 40.7 Å². The first kappa shape index (κ1) is 20.4. The molecule has 0 aromatic heterocycles. The van der Waals surface area contributed by atoms with Gasteiger partial charge in [0.15, 0.2) is 0 Å². The van der Waals surface area contributed by atoms with E-state index in [4.69, 9.17) is 4.74 Å². The van der Waals surface area contributed by atoms with Crippen LogP contribution in [0.15, 0.2) is 42.5 Å². The van der Waals surface area contributed by atoms with Gasteiger partial charge in [0.05, 0.1) is 6.10 Å². The number of amides is 2. The lowest BCUT2D eigenvalue weighted by Crippen LogP contribution is -2.37. The molecule has 2 aromatic rings. The first-order valence-electron chi connectivity index (χ1n) is 10.6. The van der Waals surface area contributed by atoms with Crippen molar-refractivity contribution in [3.63, 3.8) is 0 Å². The van der Waals surface area contributed by atoms with Gasteiger partial charge in [-0.15, -0.1) is 0 Å². The Morgan fingerprint density at radius 1 is 1.13 bits per heavy atom. The number of hydrogen-bond donors (Lipinski definition) is 1. The third-order valence-electron chi connectivity index (χ3n) is 5.81. The van der Waals surface area contributed by atoms with Crippen molar-refractivity contribution >= 4 is 23.2 Å². The van der Waals surface area contributed by atoms with E-state index in [1.807, 2.05) is 37.2 Å². The highest BCUT2D eigenvalue weighted by Crippen LogP contribution is 2.25. The van der Waals surface area contributed by atoms with Gasteiger partial charge in [-0.25, -0.2) is 0 Å². The molecule has 158 valence electrons. The molecule has 1 fully saturated rings. The van der Waals surface area contributed by atoms with E-state index in [0.717, 1.165) is 42.0 Å². The molecule has 0 bridgehead atoms. The molecule has 30 heavy (non-hydrogen) atoms. The minimum atomic E-state index is 0.00175. The fourth-order valence-corrected chi connectivity index (χ4v) is 4.07. The number of anilines is 2. The van der Waals surface area contributed by atoms with Gasteiger partial charge in [0, 0.05) is 57.2 Å². The van der Waals surface area contributed by atoms with Crippen LogP contribution < -0.4 is 10.2 Å². The topological polar surface area (TPSA) is 61.9 Å². The maximum Gasteiger partial charge on any atom is 0.254 e. The van der Waals surface area contributed by atoms with Crippen molar-refractivity contribution < 1.29 is 14.3 Å². The summed E-state index contributed by atoms with van der Waals surface area (Å²) in [6.07, 6.45) is 3.25. The van der Waals surface area contributed by atoms with E-state index in [9.17, 15) is 9.59 Å². The first-order chi connectivity index (χ1) is 14.5. The molecule has 2 aliphatic heterocycles. The van der Waals surface area contributed by atoms with Crippen LogP contribution >= 0.6 is 0 Å². The molecule has 6 heteroatoms. The van der Waals surface area contributed by atoms with Crippen LogP contribution in [0.5, 0.6) is 0 Å². The summed E-state index contributed by atoms with van der Waals surface area (Å²) in [5.41, 5.74) is 4.72. The van der Waals surface area contributed by atoms with Gasteiger partial charge in [0.1, 0.15) is 0 Å². The summed E-state index contributed by atoms with van der Waals surface area (Å²) in [5.74, 6) is 0.0321. The summed E-state index contributed by atoms with van der Waals surface area (Å²) in [5, 5.41) is 2.88. The Hall–Kier alpha value is -2.86. The maximum atomic E-state index is 13.4. The van der Waals surface area contributed by atoms with Crippen LogP contribution in [0.2, 0.25) is 0 Å². The second kappa shape index (κ2) is 8.88. The second-order valence-corrected chi connectivity index (χ2v) is 8.30. The van der Waals surface area contributed by atoms with Crippen molar-refractivity contribution in [1.29, 1.82) is 0 Å². The van der Waals surface area contributed by atoms with E-state index in [2.05, 4.69) is 34.5 Å². The SMILES string of the molecule is CN(C)c1ccc(CN(CC2CCCO2)C(=O)c2ccc3c(c2)CCC(=O)N3)cc1. The molecule has 1 unspecified atom stereocenters. The number of hydrogen-bond acceptors (Lipinski definition) is 4. The van der Waals surface area contributed by atoms with Gasteiger partial charge in [-0.1, -0.05) is 12.1 Å². The zero-order valence-electron chi connectivity index (χ0n) is 17.7. The van der Waals surface area contributed by atoms with Crippen molar-refractivity contribution in [3.8, 4) is 0 Å². The van der Waals surface area contributed by atoms with Crippen molar-refractivity contribution in [1.82, 2.24) is 4.90 Å². The number of nitrogens with zero attached hydrogens (tertiary/aromatic N) is 2. The molecular weight excluding hydrogens is 378 g/mol. The lowest BCUT2D eigenvalue weighted by atomic mass is 9.99. The molecule has 1 atom stereocenters. The van der Waals surface area contributed by atoms with Crippen LogP contribution in [0.3, 0.4) is 0 Å². The summed E-state index contributed by atoms with van der Waals surface area (Å²) in [6.45, 7) is 1.89. The molecule has 2 aliphatic rings. The Morgan fingerprint density at radius 3 is 2.63 bits per heavy atom. The Bertz CT molecular complexity index is 918. The molecular formula is C24H29N3O3. The molecule has 1 N–H and O–H groups in total. The molecule has 4 rings (SSSR count). The van der Waals surface area contributed by atoms with E-state index in [1.165, 1.54) is 0 Å². The minimum absolute atomic E-state index is 0.00175. The van der Waals surface area contributed by atoms with Gasteiger partial charge in [0.2, 0.25) is 5.91 Å². The Kier molecular flexibility index (Phi) is 6.04. The number of benzene rings is 2. The molecule has 0 saturated carbocycles. The first-order valence-corrected chi connectivity index (χ1v) is 10.6. The highest BCUT2D eigenvalue weighted by Gasteiger charge is 2.25. The summed E-state index contributed by atoms with van der Waals surface area (Å²) in [7, 11) is 4.03. The number of fused-ring (bicyclic) bond motifs is 1. The predicted octanol–water partition coefficient (Wildman–Crippen LogP) is 3.46. The average Bonchev–Trinajstić information content (AvgIpc) is 3.26. The number of rotatable bonds is 6. The van der Waals surface area contributed by atoms with Gasteiger partial charge >= 0.3 is 0 Å². The fourth-order valence-electron chi connectivity index (χ4n) is 4.07. The maximum absolute atomic E-state index is 13.4. The van der Waals surface area contributed by atoms with Gasteiger partial charge in [-0.2, -0.15) is 0 Å². The zero-order chi connectivity index (χ0) is 21.1. The van der Waals surface area contributed by atoms with E-state index in [0.29, 0.717) is 31.5 Å². The van der Waals surface area contributed by atoms with E-state index < -0.39 is 0 Å². The zero-order valence-corrected chi connectivity index (χ0v) is 17.7. The third-order valence-corrected chi connectivity index (χ3v) is 5.81. The Labute approximate surface area is 177 Å². The summed E-state index contributed by atoms with van der Waals surface area (Å²) >= 11 is 0. The normalized spacial score (nSPS) is 17.9. The highest BCUT2D eigenvalue weighted by atomic mass is 16.5. The Morgan fingerprint density at radius 2 is 1.93 bits per heavy atom. The second-order valence-electron chi connectivity index (χ2n) is 8.30. The van der Waals surface area contributed by atoms with Crippen LogP contribution in [0.25, 0.3) is 0 Å². The van der Waals surface area contributed by atoms with Gasteiger partial charge in [0.25, 0.3) is 5.91 Å². The standard InChI is InChI=1S/C24H29N3O3/c1-26(2)20-9-5-17(6-10-20)15-27(16-21-4-3-13-30-21)24(29)19-7-11-22-18(14-19)8-12-23(28)25-22/h5-7,9-11,14,21H,3-4,8,12-13,15-16H2,1-2H3,(H,25,28). The quantitative estimate of drug-likeness (QED) is 0.797. The van der Waals surface area contributed by atoms with Crippen LogP contribution in [0, 0.1) is 0 Å². The van der Waals surface area contributed by atoms with Gasteiger partial charge < -0.3 is 19.9 Å².